The number of hydrogen-bond acceptors (Lipinski definition) is 5. The molecule has 0 spiro atoms. The van der Waals surface area contributed by atoms with E-state index in [1.165, 1.54) is 18.2 Å². The molecule has 0 saturated heterocycles. The minimum Gasteiger partial charge on any atom is -0.469 e. The van der Waals surface area contributed by atoms with E-state index in [1.807, 2.05) is 0 Å². The van der Waals surface area contributed by atoms with Gasteiger partial charge in [-0.2, -0.15) is 0 Å². The van der Waals surface area contributed by atoms with E-state index in [1.54, 1.807) is 26.1 Å². The van der Waals surface area contributed by atoms with Gasteiger partial charge in [-0.05, 0) is 12.1 Å². The van der Waals surface area contributed by atoms with Gasteiger partial charge in [0.1, 0.15) is 12.3 Å². The first-order valence-electron chi connectivity index (χ1n) is 6.38. The van der Waals surface area contributed by atoms with E-state index in [9.17, 15) is 9.59 Å². The van der Waals surface area contributed by atoms with Gasteiger partial charge in [-0.25, -0.2) is 4.98 Å². The van der Waals surface area contributed by atoms with Gasteiger partial charge in [0.15, 0.2) is 0 Å². The van der Waals surface area contributed by atoms with E-state index in [0.29, 0.717) is 5.56 Å². The number of ether oxygens (including phenoxy) is 1. The second kappa shape index (κ2) is 8.02. The highest BCUT2D eigenvalue weighted by atomic mass is 16.5. The lowest BCUT2D eigenvalue weighted by Gasteiger charge is -2.19. The van der Waals surface area contributed by atoms with Crippen LogP contribution in [-0.4, -0.2) is 54.2 Å². The molecule has 0 aliphatic heterocycles. The lowest BCUT2D eigenvalue weighted by atomic mass is 10.1. The number of nitrogens with zero attached hydrogens (tertiary/aromatic N) is 2. The van der Waals surface area contributed by atoms with Crippen LogP contribution in [0.15, 0.2) is 18.3 Å². The van der Waals surface area contributed by atoms with Gasteiger partial charge in [0, 0.05) is 25.4 Å². The summed E-state index contributed by atoms with van der Waals surface area (Å²) in [5.74, 6) is 4.14. The van der Waals surface area contributed by atoms with Gasteiger partial charge in [0.2, 0.25) is 0 Å². The smallest absolute Gasteiger partial charge is 0.310 e. The van der Waals surface area contributed by atoms with Crippen LogP contribution in [0.3, 0.4) is 0 Å². The standard InChI is InChI=1S/C15H18N2O4/c1-11(15(20)21-3)10-17(2)14(19)13-7-6-12(9-16-13)5-4-8-18/h6-7,9,11,18H,8,10H2,1-3H3. The van der Waals surface area contributed by atoms with E-state index in [-0.39, 0.29) is 30.7 Å². The highest BCUT2D eigenvalue weighted by Gasteiger charge is 2.20. The summed E-state index contributed by atoms with van der Waals surface area (Å²) in [5, 5.41) is 8.60. The van der Waals surface area contributed by atoms with Crippen molar-refractivity contribution in [3.05, 3.63) is 29.6 Å². The predicted molar refractivity (Wildman–Crippen MR) is 76.3 cm³/mol. The molecule has 0 aromatic carbocycles. The highest BCUT2D eigenvalue weighted by Crippen LogP contribution is 2.06. The summed E-state index contributed by atoms with van der Waals surface area (Å²) in [6.07, 6.45) is 1.47. The Kier molecular flexibility index (Phi) is 6.37. The molecule has 0 aliphatic carbocycles. The van der Waals surface area contributed by atoms with Crippen molar-refractivity contribution in [1.82, 2.24) is 9.88 Å². The Morgan fingerprint density at radius 3 is 2.71 bits per heavy atom. The van der Waals surface area contributed by atoms with Crippen LogP contribution < -0.4 is 0 Å². The maximum absolute atomic E-state index is 12.2. The molecule has 112 valence electrons. The number of aliphatic hydroxyl groups excluding tert-OH is 1. The molecular weight excluding hydrogens is 272 g/mol. The number of rotatable bonds is 4. The van der Waals surface area contributed by atoms with Gasteiger partial charge in [-0.3, -0.25) is 9.59 Å². The molecule has 1 amide bonds. The quantitative estimate of drug-likeness (QED) is 0.637. The number of aliphatic hydroxyl groups is 1. The third-order valence-electron chi connectivity index (χ3n) is 2.79. The second-order valence-electron chi connectivity index (χ2n) is 4.50. The van der Waals surface area contributed by atoms with Crippen molar-refractivity contribution >= 4 is 11.9 Å². The van der Waals surface area contributed by atoms with E-state index in [4.69, 9.17) is 5.11 Å². The van der Waals surface area contributed by atoms with Crippen LogP contribution in [0.25, 0.3) is 0 Å². The monoisotopic (exact) mass is 290 g/mol. The SMILES string of the molecule is COC(=O)C(C)CN(C)C(=O)c1ccc(C#CCO)cn1. The third kappa shape index (κ3) is 4.89. The molecule has 1 aromatic heterocycles. The molecule has 1 heterocycles. The number of methoxy groups -OCH3 is 1. The highest BCUT2D eigenvalue weighted by molar-refractivity contribution is 5.92. The number of carbonyl (C=O) groups is 2. The summed E-state index contributed by atoms with van der Waals surface area (Å²) in [5.41, 5.74) is 0.885. The van der Waals surface area contributed by atoms with Crippen LogP contribution in [0.5, 0.6) is 0 Å². The molecule has 1 rings (SSSR count). The predicted octanol–water partition coefficient (Wildman–Crippen LogP) is 0.306. The summed E-state index contributed by atoms with van der Waals surface area (Å²) >= 11 is 0. The summed E-state index contributed by atoms with van der Waals surface area (Å²) in [7, 11) is 2.91. The van der Waals surface area contributed by atoms with Crippen LogP contribution in [0.2, 0.25) is 0 Å². The van der Waals surface area contributed by atoms with E-state index >= 15 is 0 Å². The molecule has 6 heteroatoms. The molecule has 21 heavy (non-hydrogen) atoms. The number of pyridine rings is 1. The largest absolute Gasteiger partial charge is 0.469 e. The fourth-order valence-electron chi connectivity index (χ4n) is 1.70. The molecule has 1 aromatic rings. The van der Waals surface area contributed by atoms with Crippen molar-refractivity contribution in [2.24, 2.45) is 5.92 Å². The summed E-state index contributed by atoms with van der Waals surface area (Å²) in [6, 6.07) is 3.21. The maximum atomic E-state index is 12.2. The molecule has 1 atom stereocenters. The summed E-state index contributed by atoms with van der Waals surface area (Å²) in [6.45, 7) is 1.71. The zero-order valence-electron chi connectivity index (χ0n) is 12.3. The van der Waals surface area contributed by atoms with E-state index in [2.05, 4.69) is 21.6 Å². The van der Waals surface area contributed by atoms with Crippen LogP contribution >= 0.6 is 0 Å². The van der Waals surface area contributed by atoms with Crippen molar-refractivity contribution in [3.8, 4) is 11.8 Å². The van der Waals surface area contributed by atoms with Crippen molar-refractivity contribution < 1.29 is 19.4 Å². The fraction of sp³-hybridized carbons (Fsp3) is 0.400. The van der Waals surface area contributed by atoms with Gasteiger partial charge in [0.05, 0.1) is 13.0 Å². The fourth-order valence-corrected chi connectivity index (χ4v) is 1.70. The van der Waals surface area contributed by atoms with Crippen molar-refractivity contribution in [1.29, 1.82) is 0 Å². The van der Waals surface area contributed by atoms with Crippen molar-refractivity contribution in [2.45, 2.75) is 6.92 Å². The van der Waals surface area contributed by atoms with Crippen molar-refractivity contribution in [3.63, 3.8) is 0 Å². The van der Waals surface area contributed by atoms with Crippen LogP contribution in [-0.2, 0) is 9.53 Å². The van der Waals surface area contributed by atoms with Gasteiger partial charge >= 0.3 is 5.97 Å². The average Bonchev–Trinajstić information content (AvgIpc) is 2.51. The minimum absolute atomic E-state index is 0.227. The van der Waals surface area contributed by atoms with Crippen molar-refractivity contribution in [2.75, 3.05) is 27.3 Å². The number of hydrogen-bond donors (Lipinski definition) is 1. The van der Waals surface area contributed by atoms with E-state index < -0.39 is 5.92 Å². The molecule has 0 radical (unpaired) electrons. The minimum atomic E-state index is -0.404. The number of amides is 1. The first-order valence-corrected chi connectivity index (χ1v) is 6.38. The Bertz CT molecular complexity index is 557. The Hall–Kier alpha value is -2.39. The molecule has 1 N–H and O–H groups in total. The molecule has 0 fully saturated rings. The van der Waals surface area contributed by atoms with Gasteiger partial charge in [-0.1, -0.05) is 18.8 Å². The van der Waals surface area contributed by atoms with Crippen LogP contribution in [0, 0.1) is 17.8 Å². The Balaban J connectivity index is 2.72. The van der Waals surface area contributed by atoms with Crippen LogP contribution in [0.1, 0.15) is 23.0 Å². The summed E-state index contributed by atoms with van der Waals surface area (Å²) < 4.78 is 4.62. The Labute approximate surface area is 123 Å². The van der Waals surface area contributed by atoms with Crippen LogP contribution in [0.4, 0.5) is 0 Å². The molecule has 1 unspecified atom stereocenters. The Morgan fingerprint density at radius 2 is 2.19 bits per heavy atom. The lowest BCUT2D eigenvalue weighted by molar-refractivity contribution is -0.145. The first kappa shape index (κ1) is 16.7. The van der Waals surface area contributed by atoms with Gasteiger partial charge in [-0.15, -0.1) is 0 Å². The first-order chi connectivity index (χ1) is 9.99. The topological polar surface area (TPSA) is 79.7 Å². The van der Waals surface area contributed by atoms with E-state index in [0.717, 1.165) is 0 Å². The molecule has 6 nitrogen and oxygen atoms in total. The van der Waals surface area contributed by atoms with Gasteiger partial charge in [0.25, 0.3) is 5.91 Å². The molecular formula is C15H18N2O4. The lowest BCUT2D eigenvalue weighted by Crippen LogP contribution is -2.34. The zero-order chi connectivity index (χ0) is 15.8. The summed E-state index contributed by atoms with van der Waals surface area (Å²) in [4.78, 5) is 28.9. The number of carbonyl (C=O) groups excluding carboxylic acids is 2. The normalized spacial score (nSPS) is 11.0. The third-order valence-corrected chi connectivity index (χ3v) is 2.79. The molecule has 0 aliphatic rings. The molecule has 0 bridgehead atoms. The zero-order valence-corrected chi connectivity index (χ0v) is 12.3. The average molecular weight is 290 g/mol. The molecule has 0 saturated carbocycles. The Morgan fingerprint density at radius 1 is 1.48 bits per heavy atom. The second-order valence-corrected chi connectivity index (χ2v) is 4.50. The van der Waals surface area contributed by atoms with Gasteiger partial charge < -0.3 is 14.7 Å². The number of esters is 1. The maximum Gasteiger partial charge on any atom is 0.310 e. The number of aromatic nitrogens is 1.